The van der Waals surface area contributed by atoms with Crippen LogP contribution >= 0.6 is 15.9 Å². The number of rotatable bonds is 4. The van der Waals surface area contributed by atoms with Gasteiger partial charge in [0.2, 0.25) is 0 Å². The van der Waals surface area contributed by atoms with Crippen LogP contribution < -0.4 is 5.32 Å². The van der Waals surface area contributed by atoms with E-state index in [-0.39, 0.29) is 0 Å². The van der Waals surface area contributed by atoms with Crippen LogP contribution in [0.4, 0.5) is 0 Å². The van der Waals surface area contributed by atoms with E-state index in [1.165, 1.54) is 39.3 Å². The molecule has 0 saturated heterocycles. The van der Waals surface area contributed by atoms with Gasteiger partial charge < -0.3 is 9.88 Å². The van der Waals surface area contributed by atoms with E-state index >= 15 is 0 Å². The van der Waals surface area contributed by atoms with Crippen molar-refractivity contribution in [3.8, 4) is 0 Å². The van der Waals surface area contributed by atoms with Gasteiger partial charge in [0.15, 0.2) is 0 Å². The summed E-state index contributed by atoms with van der Waals surface area (Å²) in [5.74, 6) is 1.23. The van der Waals surface area contributed by atoms with Crippen molar-refractivity contribution in [3.63, 3.8) is 0 Å². The highest BCUT2D eigenvalue weighted by Crippen LogP contribution is 2.36. The van der Waals surface area contributed by atoms with Crippen LogP contribution in [0, 0.1) is 5.92 Å². The maximum Gasteiger partial charge on any atom is 0.0524 e. The molecule has 1 aromatic carbocycles. The van der Waals surface area contributed by atoms with Gasteiger partial charge >= 0.3 is 0 Å². The summed E-state index contributed by atoms with van der Waals surface area (Å²) in [5, 5.41) is 4.74. The van der Waals surface area contributed by atoms with Crippen LogP contribution in [0.1, 0.15) is 37.3 Å². The number of benzene rings is 1. The Morgan fingerprint density at radius 2 is 2.15 bits per heavy atom. The molecule has 1 atom stereocenters. The van der Waals surface area contributed by atoms with Crippen LogP contribution in [0.15, 0.2) is 22.8 Å². The minimum atomic E-state index is 0.581. The third-order valence-corrected chi connectivity index (χ3v) is 5.16. The molecule has 1 aliphatic rings. The molecular weight excluding hydrogens is 312 g/mol. The quantitative estimate of drug-likeness (QED) is 0.881. The Bertz CT molecular complexity index is 627. The molecule has 1 aliphatic heterocycles. The van der Waals surface area contributed by atoms with Crippen molar-refractivity contribution in [2.45, 2.75) is 39.2 Å². The number of aryl methyl sites for hydroxylation is 2. The molecule has 3 heteroatoms. The second-order valence-corrected chi connectivity index (χ2v) is 7.11. The summed E-state index contributed by atoms with van der Waals surface area (Å²) in [4.78, 5) is 0. The van der Waals surface area contributed by atoms with Crippen molar-refractivity contribution in [2.24, 2.45) is 5.92 Å². The van der Waals surface area contributed by atoms with Crippen molar-refractivity contribution in [3.05, 3.63) is 33.9 Å². The fourth-order valence-electron chi connectivity index (χ4n) is 3.49. The number of hydrogen-bond donors (Lipinski definition) is 1. The van der Waals surface area contributed by atoms with Crippen molar-refractivity contribution in [1.82, 2.24) is 9.88 Å². The molecule has 3 rings (SSSR count). The third kappa shape index (κ3) is 2.31. The Morgan fingerprint density at radius 1 is 1.35 bits per heavy atom. The number of halogens is 1. The van der Waals surface area contributed by atoms with Crippen LogP contribution in [0.5, 0.6) is 0 Å². The average molecular weight is 335 g/mol. The van der Waals surface area contributed by atoms with Crippen molar-refractivity contribution >= 4 is 26.8 Å². The van der Waals surface area contributed by atoms with E-state index in [2.05, 4.69) is 58.0 Å². The molecule has 2 aromatic rings. The van der Waals surface area contributed by atoms with Crippen LogP contribution in [0.25, 0.3) is 10.9 Å². The van der Waals surface area contributed by atoms with Crippen LogP contribution in [-0.2, 0) is 13.0 Å². The van der Waals surface area contributed by atoms with Gasteiger partial charge in [0.1, 0.15) is 0 Å². The second kappa shape index (κ2) is 5.53. The van der Waals surface area contributed by atoms with Crippen molar-refractivity contribution in [1.29, 1.82) is 0 Å². The summed E-state index contributed by atoms with van der Waals surface area (Å²) in [7, 11) is 2.05. The highest BCUT2D eigenvalue weighted by atomic mass is 79.9. The summed E-state index contributed by atoms with van der Waals surface area (Å²) in [6.45, 7) is 6.83. The second-order valence-electron chi connectivity index (χ2n) is 6.26. The first-order valence-corrected chi connectivity index (χ1v) is 8.37. The highest BCUT2D eigenvalue weighted by molar-refractivity contribution is 9.10. The fraction of sp³-hybridized carbons (Fsp3) is 0.529. The summed E-state index contributed by atoms with van der Waals surface area (Å²) < 4.78 is 3.65. The van der Waals surface area contributed by atoms with Gasteiger partial charge in [0, 0.05) is 29.1 Å². The molecular formula is C17H23BrN2. The number of nitrogens with zero attached hydrogens (tertiary/aromatic N) is 1. The molecule has 2 heterocycles. The highest BCUT2D eigenvalue weighted by Gasteiger charge is 2.21. The maximum absolute atomic E-state index is 3.74. The Balaban J connectivity index is 2.16. The SMILES string of the molecule is CNCC(c1cc2c3c(c1)c(Br)cn3CCC2)C(C)C. The number of likely N-dealkylation sites (N-methyl/N-ethyl adjacent to an activating group) is 1. The van der Waals surface area contributed by atoms with E-state index in [1.807, 2.05) is 7.05 Å². The normalized spacial score (nSPS) is 16.1. The summed E-state index contributed by atoms with van der Waals surface area (Å²) in [6, 6.07) is 4.85. The fourth-order valence-corrected chi connectivity index (χ4v) is 4.04. The van der Waals surface area contributed by atoms with Crippen LogP contribution in [-0.4, -0.2) is 18.2 Å². The molecule has 0 fully saturated rings. The zero-order valence-electron chi connectivity index (χ0n) is 12.5. The molecule has 1 N–H and O–H groups in total. The zero-order chi connectivity index (χ0) is 14.3. The van der Waals surface area contributed by atoms with Crippen LogP contribution in [0.3, 0.4) is 0 Å². The predicted molar refractivity (Wildman–Crippen MR) is 89.5 cm³/mol. The minimum absolute atomic E-state index is 0.581. The first-order chi connectivity index (χ1) is 9.61. The van der Waals surface area contributed by atoms with E-state index in [0.29, 0.717) is 11.8 Å². The Labute approximate surface area is 129 Å². The molecule has 0 bridgehead atoms. The number of nitrogens with one attached hydrogen (secondary N) is 1. The van der Waals surface area contributed by atoms with Gasteiger partial charge in [-0.3, -0.25) is 0 Å². The van der Waals surface area contributed by atoms with Crippen LogP contribution in [0.2, 0.25) is 0 Å². The van der Waals surface area contributed by atoms with Gasteiger partial charge in [-0.05, 0) is 64.8 Å². The van der Waals surface area contributed by atoms with E-state index in [0.717, 1.165) is 13.1 Å². The lowest BCUT2D eigenvalue weighted by atomic mass is 9.86. The van der Waals surface area contributed by atoms with Gasteiger partial charge in [0.25, 0.3) is 0 Å². The molecule has 20 heavy (non-hydrogen) atoms. The Morgan fingerprint density at radius 3 is 2.85 bits per heavy atom. The Kier molecular flexibility index (Phi) is 3.91. The topological polar surface area (TPSA) is 17.0 Å². The maximum atomic E-state index is 3.74. The average Bonchev–Trinajstić information content (AvgIpc) is 2.74. The molecule has 0 spiro atoms. The molecule has 1 unspecified atom stereocenters. The van der Waals surface area contributed by atoms with Gasteiger partial charge in [-0.15, -0.1) is 0 Å². The lowest BCUT2D eigenvalue weighted by Gasteiger charge is -2.24. The summed E-state index contributed by atoms with van der Waals surface area (Å²) >= 11 is 3.74. The third-order valence-electron chi connectivity index (χ3n) is 4.53. The molecule has 108 valence electrons. The summed E-state index contributed by atoms with van der Waals surface area (Å²) in [5.41, 5.74) is 4.45. The van der Waals surface area contributed by atoms with Gasteiger partial charge in [-0.2, -0.15) is 0 Å². The first-order valence-electron chi connectivity index (χ1n) is 7.57. The molecule has 0 amide bonds. The molecule has 1 aromatic heterocycles. The monoisotopic (exact) mass is 334 g/mol. The number of aromatic nitrogens is 1. The standard InChI is InChI=1S/C17H23BrN2/c1-11(2)15(9-19-3)13-7-12-5-4-6-20-10-16(18)14(8-13)17(12)20/h7-8,10-11,15,19H,4-6,9H2,1-3H3. The molecule has 2 nitrogen and oxygen atoms in total. The minimum Gasteiger partial charge on any atom is -0.346 e. The van der Waals surface area contributed by atoms with Gasteiger partial charge in [-0.25, -0.2) is 0 Å². The zero-order valence-corrected chi connectivity index (χ0v) is 14.1. The van der Waals surface area contributed by atoms with E-state index in [1.54, 1.807) is 0 Å². The van der Waals surface area contributed by atoms with Crippen molar-refractivity contribution < 1.29 is 0 Å². The summed E-state index contributed by atoms with van der Waals surface area (Å²) in [6.07, 6.45) is 4.72. The van der Waals surface area contributed by atoms with Gasteiger partial charge in [0.05, 0.1) is 5.52 Å². The molecule has 0 saturated carbocycles. The smallest absolute Gasteiger partial charge is 0.0524 e. The van der Waals surface area contributed by atoms with E-state index in [9.17, 15) is 0 Å². The molecule has 0 radical (unpaired) electrons. The lowest BCUT2D eigenvalue weighted by Crippen LogP contribution is -2.21. The van der Waals surface area contributed by atoms with Gasteiger partial charge in [-0.1, -0.05) is 19.9 Å². The largest absolute Gasteiger partial charge is 0.346 e. The van der Waals surface area contributed by atoms with E-state index in [4.69, 9.17) is 0 Å². The number of hydrogen-bond acceptors (Lipinski definition) is 1. The first kappa shape index (κ1) is 14.2. The van der Waals surface area contributed by atoms with Crippen molar-refractivity contribution in [2.75, 3.05) is 13.6 Å². The van der Waals surface area contributed by atoms with E-state index < -0.39 is 0 Å². The predicted octanol–water partition coefficient (Wildman–Crippen LogP) is 4.31. The lowest BCUT2D eigenvalue weighted by molar-refractivity contribution is 0.478. The Hall–Kier alpha value is -0.800. The molecule has 0 aliphatic carbocycles.